The lowest BCUT2D eigenvalue weighted by atomic mass is 10.2. The Morgan fingerprint density at radius 1 is 1.21 bits per heavy atom. The van der Waals surface area contributed by atoms with Crippen LogP contribution in [0.2, 0.25) is 5.02 Å². The summed E-state index contributed by atoms with van der Waals surface area (Å²) in [6, 6.07) is 9.60. The van der Waals surface area contributed by atoms with Gasteiger partial charge < -0.3 is 0 Å². The first-order valence-electron chi connectivity index (χ1n) is 5.79. The van der Waals surface area contributed by atoms with E-state index in [0.29, 0.717) is 15.7 Å². The minimum absolute atomic E-state index is 0.214. The molecule has 0 radical (unpaired) electrons. The average Bonchev–Trinajstić information content (AvgIpc) is 2.86. The van der Waals surface area contributed by atoms with Crippen molar-refractivity contribution in [1.29, 1.82) is 0 Å². The Balaban J connectivity index is 1.90. The maximum Gasteiger partial charge on any atom is 0.188 e. The third-order valence-corrected chi connectivity index (χ3v) is 7.95. The molecule has 1 atom stereocenters. The van der Waals surface area contributed by atoms with Crippen LogP contribution in [0.25, 0.3) is 0 Å². The molecule has 19 heavy (non-hydrogen) atoms. The second-order valence-corrected chi connectivity index (χ2v) is 9.26. The number of fused-ring (bicyclic) bond motifs is 1. The third kappa shape index (κ3) is 2.70. The van der Waals surface area contributed by atoms with E-state index in [2.05, 4.69) is 0 Å². The third-order valence-electron chi connectivity index (χ3n) is 3.03. The molecule has 1 aromatic carbocycles. The number of thioether (sulfide) groups is 1. The van der Waals surface area contributed by atoms with Crippen molar-refractivity contribution in [2.45, 2.75) is 20.8 Å². The van der Waals surface area contributed by atoms with E-state index in [1.54, 1.807) is 11.8 Å². The smallest absolute Gasteiger partial charge is 0.188 e. The summed E-state index contributed by atoms with van der Waals surface area (Å²) >= 11 is 8.90. The van der Waals surface area contributed by atoms with Crippen LogP contribution in [0, 0.1) is 0 Å². The molecule has 0 amide bonds. The topological polar surface area (TPSA) is 34.1 Å². The molecule has 2 heterocycles. The van der Waals surface area contributed by atoms with E-state index in [9.17, 15) is 8.42 Å². The monoisotopic (exact) mass is 330 g/mol. The Bertz CT molecular complexity index is 689. The fourth-order valence-corrected chi connectivity index (χ4v) is 6.70. The molecule has 1 aliphatic heterocycles. The largest absolute Gasteiger partial charge is 0.223 e. The van der Waals surface area contributed by atoms with E-state index in [1.807, 2.05) is 35.7 Å². The summed E-state index contributed by atoms with van der Waals surface area (Å²) in [4.78, 5) is 1.12. The zero-order valence-electron chi connectivity index (χ0n) is 9.87. The number of sulfone groups is 1. The van der Waals surface area contributed by atoms with Gasteiger partial charge in [-0.2, -0.15) is 0 Å². The molecule has 0 N–H and O–H groups in total. The van der Waals surface area contributed by atoms with Crippen molar-refractivity contribution in [3.63, 3.8) is 0 Å². The van der Waals surface area contributed by atoms with Gasteiger partial charge in [-0.1, -0.05) is 11.6 Å². The molecule has 0 aliphatic carbocycles. The predicted octanol–water partition coefficient (Wildman–Crippen LogP) is 4.41. The van der Waals surface area contributed by atoms with Gasteiger partial charge in [0.15, 0.2) is 9.84 Å². The highest BCUT2D eigenvalue weighted by molar-refractivity contribution is 8.00. The minimum atomic E-state index is -3.05. The van der Waals surface area contributed by atoms with Gasteiger partial charge in [-0.3, -0.25) is 0 Å². The second kappa shape index (κ2) is 5.13. The van der Waals surface area contributed by atoms with Gasteiger partial charge in [0.25, 0.3) is 0 Å². The lowest BCUT2D eigenvalue weighted by Crippen LogP contribution is -2.16. The number of hydrogen-bond donors (Lipinski definition) is 0. The lowest BCUT2D eigenvalue weighted by molar-refractivity contribution is 0.588. The van der Waals surface area contributed by atoms with E-state index in [-0.39, 0.29) is 11.0 Å². The minimum Gasteiger partial charge on any atom is -0.223 e. The van der Waals surface area contributed by atoms with Crippen LogP contribution in [0.3, 0.4) is 0 Å². The Hall–Kier alpha value is -0.490. The molecule has 0 fully saturated rings. The van der Waals surface area contributed by atoms with Gasteiger partial charge in [0.05, 0.1) is 5.75 Å². The molecule has 2 nitrogen and oxygen atoms in total. The van der Waals surface area contributed by atoms with Gasteiger partial charge in [-0.15, -0.1) is 23.1 Å². The summed E-state index contributed by atoms with van der Waals surface area (Å²) in [5, 5.41) is 2.79. The SMILES string of the molecule is O=S1(=O)CC[C@H](Sc2ccc(Cl)cc2)c2ccsc21. The summed E-state index contributed by atoms with van der Waals surface area (Å²) in [5.74, 6) is 0.242. The predicted molar refractivity (Wildman–Crippen MR) is 81.0 cm³/mol. The van der Waals surface area contributed by atoms with Crippen molar-refractivity contribution in [2.75, 3.05) is 5.75 Å². The molecule has 0 bridgehead atoms. The molecule has 100 valence electrons. The fraction of sp³-hybridized carbons (Fsp3) is 0.231. The van der Waals surface area contributed by atoms with Gasteiger partial charge >= 0.3 is 0 Å². The van der Waals surface area contributed by atoms with E-state index in [4.69, 9.17) is 11.6 Å². The molecule has 0 saturated heterocycles. The number of rotatable bonds is 2. The van der Waals surface area contributed by atoms with Crippen LogP contribution in [-0.4, -0.2) is 14.2 Å². The highest BCUT2D eigenvalue weighted by Gasteiger charge is 2.31. The molecule has 6 heteroatoms. The number of thiophene rings is 1. The quantitative estimate of drug-likeness (QED) is 0.817. The Morgan fingerprint density at radius 3 is 2.68 bits per heavy atom. The van der Waals surface area contributed by atoms with E-state index < -0.39 is 9.84 Å². The molecule has 1 aromatic heterocycles. The number of halogens is 1. The second-order valence-electron chi connectivity index (χ2n) is 4.33. The van der Waals surface area contributed by atoms with Crippen LogP contribution in [0.5, 0.6) is 0 Å². The van der Waals surface area contributed by atoms with Crippen molar-refractivity contribution in [3.8, 4) is 0 Å². The Labute approximate surface area is 125 Å². The molecule has 0 saturated carbocycles. The standard InChI is InChI=1S/C13H11ClO2S3/c14-9-1-3-10(4-2-9)18-12-6-8-19(15,16)13-11(12)5-7-17-13/h1-5,7,12H,6,8H2/t12-/m0/s1. The van der Waals surface area contributed by atoms with Crippen LogP contribution in [0.4, 0.5) is 0 Å². The summed E-state index contributed by atoms with van der Waals surface area (Å²) in [6.07, 6.45) is 0.666. The van der Waals surface area contributed by atoms with Gasteiger partial charge in [-0.05, 0) is 47.7 Å². The Morgan fingerprint density at radius 2 is 1.95 bits per heavy atom. The van der Waals surface area contributed by atoms with Crippen molar-refractivity contribution < 1.29 is 8.42 Å². The molecule has 0 spiro atoms. The van der Waals surface area contributed by atoms with E-state index >= 15 is 0 Å². The van der Waals surface area contributed by atoms with Gasteiger partial charge in [-0.25, -0.2) is 8.42 Å². The molecule has 0 unspecified atom stereocenters. The zero-order valence-corrected chi connectivity index (χ0v) is 13.1. The van der Waals surface area contributed by atoms with Crippen LogP contribution < -0.4 is 0 Å². The van der Waals surface area contributed by atoms with Crippen molar-refractivity contribution in [2.24, 2.45) is 0 Å². The van der Waals surface area contributed by atoms with Crippen LogP contribution >= 0.6 is 34.7 Å². The van der Waals surface area contributed by atoms with Crippen molar-refractivity contribution >= 4 is 44.5 Å². The summed E-state index contributed by atoms with van der Waals surface area (Å²) in [6.45, 7) is 0. The highest BCUT2D eigenvalue weighted by Crippen LogP contribution is 2.46. The maximum atomic E-state index is 12.0. The molecule has 1 aliphatic rings. The molecule has 2 aromatic rings. The van der Waals surface area contributed by atoms with Gasteiger partial charge in [0.1, 0.15) is 4.21 Å². The van der Waals surface area contributed by atoms with E-state index in [0.717, 1.165) is 10.5 Å². The first-order chi connectivity index (χ1) is 9.06. The molecular formula is C13H11ClO2S3. The number of benzene rings is 1. The maximum absolute atomic E-state index is 12.0. The highest BCUT2D eigenvalue weighted by atomic mass is 35.5. The first-order valence-corrected chi connectivity index (χ1v) is 9.57. The van der Waals surface area contributed by atoms with Crippen LogP contribution in [0.1, 0.15) is 17.2 Å². The van der Waals surface area contributed by atoms with E-state index in [1.165, 1.54) is 11.3 Å². The lowest BCUT2D eigenvalue weighted by Gasteiger charge is -2.22. The summed E-state index contributed by atoms with van der Waals surface area (Å²) < 4.78 is 24.5. The average molecular weight is 331 g/mol. The van der Waals surface area contributed by atoms with Crippen molar-refractivity contribution in [3.05, 3.63) is 46.3 Å². The molecular weight excluding hydrogens is 320 g/mol. The summed E-state index contributed by atoms with van der Waals surface area (Å²) in [7, 11) is -3.05. The Kier molecular flexibility index (Phi) is 3.64. The van der Waals surface area contributed by atoms with Gasteiger partial charge in [0.2, 0.25) is 0 Å². The normalized spacial score (nSPS) is 21.0. The number of hydrogen-bond acceptors (Lipinski definition) is 4. The van der Waals surface area contributed by atoms with Crippen LogP contribution in [0.15, 0.2) is 44.8 Å². The summed E-state index contributed by atoms with van der Waals surface area (Å²) in [5.41, 5.74) is 0.955. The fourth-order valence-electron chi connectivity index (χ4n) is 2.11. The first kappa shape index (κ1) is 13.5. The van der Waals surface area contributed by atoms with Crippen LogP contribution in [-0.2, 0) is 9.84 Å². The zero-order chi connectivity index (χ0) is 13.5. The van der Waals surface area contributed by atoms with Gasteiger partial charge in [0, 0.05) is 15.2 Å². The van der Waals surface area contributed by atoms with Crippen molar-refractivity contribution in [1.82, 2.24) is 0 Å². The molecule has 3 rings (SSSR count).